The Balaban J connectivity index is 0.000000711. The standard InChI is InChI=1S/C13H21NO.C2H6OS/c1-6-12(2,3)10-8-7-9-11(14-10)13(4,5)15;3-1-2-4/h7-9,15H,6H2,1-5H3;3-4H,1-2H2. The lowest BCUT2D eigenvalue weighted by atomic mass is 9.85. The number of nitrogens with zero attached hydrogens (tertiary/aromatic N) is 1. The zero-order chi connectivity index (χ0) is 15.1. The van der Waals surface area contributed by atoms with Crippen LogP contribution in [0.25, 0.3) is 0 Å². The summed E-state index contributed by atoms with van der Waals surface area (Å²) in [6.45, 7) is 10.2. The molecule has 0 aliphatic heterocycles. The number of rotatable bonds is 4. The zero-order valence-corrected chi connectivity index (χ0v) is 13.5. The molecular formula is C15H27NO2S. The van der Waals surface area contributed by atoms with E-state index in [9.17, 15) is 5.11 Å². The highest BCUT2D eigenvalue weighted by Crippen LogP contribution is 2.27. The van der Waals surface area contributed by atoms with Crippen LogP contribution in [-0.4, -0.2) is 27.6 Å². The van der Waals surface area contributed by atoms with Crippen molar-refractivity contribution in [2.24, 2.45) is 0 Å². The van der Waals surface area contributed by atoms with Gasteiger partial charge in [0.05, 0.1) is 12.3 Å². The molecule has 0 saturated heterocycles. The Hall–Kier alpha value is -0.580. The lowest BCUT2D eigenvalue weighted by Crippen LogP contribution is -2.22. The van der Waals surface area contributed by atoms with Gasteiger partial charge in [-0.1, -0.05) is 26.8 Å². The van der Waals surface area contributed by atoms with Crippen LogP contribution in [0.4, 0.5) is 0 Å². The summed E-state index contributed by atoms with van der Waals surface area (Å²) in [6.07, 6.45) is 1.04. The van der Waals surface area contributed by atoms with Crippen molar-refractivity contribution in [3.63, 3.8) is 0 Å². The molecule has 0 radical (unpaired) electrons. The smallest absolute Gasteiger partial charge is 0.101 e. The van der Waals surface area contributed by atoms with E-state index >= 15 is 0 Å². The molecule has 0 saturated carbocycles. The second-order valence-electron chi connectivity index (χ2n) is 5.65. The molecule has 1 aromatic heterocycles. The molecule has 0 spiro atoms. The fourth-order valence-electron chi connectivity index (χ4n) is 1.33. The second kappa shape index (κ2) is 7.88. The summed E-state index contributed by atoms with van der Waals surface area (Å²) in [7, 11) is 0. The van der Waals surface area contributed by atoms with Crippen LogP contribution in [0.3, 0.4) is 0 Å². The van der Waals surface area contributed by atoms with E-state index in [0.717, 1.165) is 17.8 Å². The van der Waals surface area contributed by atoms with Gasteiger partial charge in [-0.3, -0.25) is 4.98 Å². The average Bonchev–Trinajstić information content (AvgIpc) is 2.38. The van der Waals surface area contributed by atoms with Crippen LogP contribution < -0.4 is 0 Å². The van der Waals surface area contributed by atoms with Gasteiger partial charge in [-0.25, -0.2) is 0 Å². The summed E-state index contributed by atoms with van der Waals surface area (Å²) in [5.74, 6) is 0.569. The Morgan fingerprint density at radius 1 is 1.16 bits per heavy atom. The van der Waals surface area contributed by atoms with Gasteiger partial charge in [-0.05, 0) is 32.4 Å². The Morgan fingerprint density at radius 3 is 2.00 bits per heavy atom. The molecule has 0 fully saturated rings. The van der Waals surface area contributed by atoms with Crippen molar-refractivity contribution < 1.29 is 10.2 Å². The number of thiol groups is 1. The maximum Gasteiger partial charge on any atom is 0.101 e. The highest BCUT2D eigenvalue weighted by molar-refractivity contribution is 7.80. The Kier molecular flexibility index (Phi) is 7.64. The van der Waals surface area contributed by atoms with Gasteiger partial charge < -0.3 is 10.2 Å². The largest absolute Gasteiger partial charge is 0.396 e. The van der Waals surface area contributed by atoms with Gasteiger partial charge in [0.2, 0.25) is 0 Å². The number of hydrogen-bond acceptors (Lipinski definition) is 4. The van der Waals surface area contributed by atoms with E-state index in [0.29, 0.717) is 5.75 Å². The Bertz CT molecular complexity index is 371. The van der Waals surface area contributed by atoms with Gasteiger partial charge in [0.1, 0.15) is 5.60 Å². The third kappa shape index (κ3) is 6.41. The van der Waals surface area contributed by atoms with Gasteiger partial charge in [-0.2, -0.15) is 12.6 Å². The van der Waals surface area contributed by atoms with Crippen molar-refractivity contribution in [2.45, 2.75) is 52.1 Å². The second-order valence-corrected chi connectivity index (χ2v) is 6.10. The van der Waals surface area contributed by atoms with Gasteiger partial charge in [-0.15, -0.1) is 0 Å². The molecule has 0 bridgehead atoms. The van der Waals surface area contributed by atoms with Gasteiger partial charge in [0.25, 0.3) is 0 Å². The molecule has 0 aliphatic rings. The van der Waals surface area contributed by atoms with E-state index in [1.54, 1.807) is 13.8 Å². The predicted molar refractivity (Wildman–Crippen MR) is 83.7 cm³/mol. The van der Waals surface area contributed by atoms with Crippen molar-refractivity contribution >= 4 is 12.6 Å². The van der Waals surface area contributed by atoms with Crippen LogP contribution in [0, 0.1) is 0 Å². The lowest BCUT2D eigenvalue weighted by molar-refractivity contribution is 0.0734. The predicted octanol–water partition coefficient (Wildman–Crippen LogP) is 2.91. The maximum absolute atomic E-state index is 9.89. The zero-order valence-electron chi connectivity index (χ0n) is 12.6. The van der Waals surface area contributed by atoms with Crippen molar-refractivity contribution in [2.75, 3.05) is 12.4 Å². The van der Waals surface area contributed by atoms with Crippen LogP contribution >= 0.6 is 12.6 Å². The van der Waals surface area contributed by atoms with Crippen LogP contribution in [-0.2, 0) is 11.0 Å². The minimum atomic E-state index is -0.861. The first-order valence-electron chi connectivity index (χ1n) is 6.61. The average molecular weight is 285 g/mol. The first-order chi connectivity index (χ1) is 8.69. The highest BCUT2D eigenvalue weighted by atomic mass is 32.1. The third-order valence-electron chi connectivity index (χ3n) is 3.05. The molecule has 0 unspecified atom stereocenters. The molecule has 0 amide bonds. The molecule has 3 nitrogen and oxygen atoms in total. The minimum Gasteiger partial charge on any atom is -0.396 e. The number of hydrogen-bond donors (Lipinski definition) is 3. The molecule has 0 aromatic carbocycles. The monoisotopic (exact) mass is 285 g/mol. The fraction of sp³-hybridized carbons (Fsp3) is 0.667. The van der Waals surface area contributed by atoms with Gasteiger partial charge >= 0.3 is 0 Å². The molecule has 0 aliphatic carbocycles. The van der Waals surface area contributed by atoms with Crippen LogP contribution in [0.5, 0.6) is 0 Å². The van der Waals surface area contributed by atoms with E-state index in [1.807, 2.05) is 18.2 Å². The van der Waals surface area contributed by atoms with Crippen LogP contribution in [0.2, 0.25) is 0 Å². The summed E-state index contributed by atoms with van der Waals surface area (Å²) in [4.78, 5) is 4.54. The highest BCUT2D eigenvalue weighted by Gasteiger charge is 2.23. The first-order valence-corrected chi connectivity index (χ1v) is 7.24. The van der Waals surface area contributed by atoms with Crippen LogP contribution in [0.15, 0.2) is 18.2 Å². The van der Waals surface area contributed by atoms with Gasteiger partial charge in [0.15, 0.2) is 0 Å². The Labute approximate surface area is 122 Å². The number of aliphatic hydroxyl groups excluding tert-OH is 1. The molecule has 0 atom stereocenters. The van der Waals surface area contributed by atoms with Crippen molar-refractivity contribution in [1.29, 1.82) is 0 Å². The molecule has 4 heteroatoms. The molecule has 2 N–H and O–H groups in total. The molecule has 1 rings (SSSR count). The first kappa shape index (κ1) is 18.4. The molecule has 1 aromatic rings. The topological polar surface area (TPSA) is 53.4 Å². The van der Waals surface area contributed by atoms with Crippen molar-refractivity contribution in [3.05, 3.63) is 29.6 Å². The van der Waals surface area contributed by atoms with E-state index < -0.39 is 5.60 Å². The van der Waals surface area contributed by atoms with E-state index in [-0.39, 0.29) is 12.0 Å². The molecule has 1 heterocycles. The summed E-state index contributed by atoms with van der Waals surface area (Å²) in [5, 5.41) is 17.7. The van der Waals surface area contributed by atoms with E-state index in [1.165, 1.54) is 0 Å². The Morgan fingerprint density at radius 2 is 1.63 bits per heavy atom. The van der Waals surface area contributed by atoms with Crippen molar-refractivity contribution in [3.8, 4) is 0 Å². The number of pyridine rings is 1. The number of aromatic nitrogens is 1. The number of aliphatic hydroxyl groups is 2. The molecule has 19 heavy (non-hydrogen) atoms. The lowest BCUT2D eigenvalue weighted by Gasteiger charge is -2.24. The molecular weight excluding hydrogens is 258 g/mol. The summed E-state index contributed by atoms with van der Waals surface area (Å²) in [5.41, 5.74) is 0.993. The van der Waals surface area contributed by atoms with E-state index in [2.05, 4.69) is 38.4 Å². The van der Waals surface area contributed by atoms with Crippen molar-refractivity contribution in [1.82, 2.24) is 4.98 Å². The summed E-state index contributed by atoms with van der Waals surface area (Å²) >= 11 is 3.67. The SMILES string of the molecule is CCC(C)(C)c1cccc(C(C)(C)O)n1.OCCS. The summed E-state index contributed by atoms with van der Waals surface area (Å²) < 4.78 is 0. The maximum atomic E-state index is 9.89. The quantitative estimate of drug-likeness (QED) is 0.746. The van der Waals surface area contributed by atoms with E-state index in [4.69, 9.17) is 5.11 Å². The normalized spacial score (nSPS) is 11.8. The van der Waals surface area contributed by atoms with Crippen LogP contribution in [0.1, 0.15) is 52.4 Å². The fourth-order valence-corrected chi connectivity index (χ4v) is 1.33. The minimum absolute atomic E-state index is 0.0707. The molecule has 110 valence electrons. The summed E-state index contributed by atoms with van der Waals surface area (Å²) in [6, 6.07) is 5.86. The third-order valence-corrected chi connectivity index (χ3v) is 3.25. The van der Waals surface area contributed by atoms with Gasteiger partial charge in [0, 0.05) is 16.9 Å².